The largest absolute Gasteiger partial charge is 0.244 e. The molecule has 1 aromatic rings. The number of rotatable bonds is 3. The topological polar surface area (TPSA) is 90.6 Å². The van der Waals surface area contributed by atoms with Crippen LogP contribution in [0.1, 0.15) is 18.4 Å². The van der Waals surface area contributed by atoms with Gasteiger partial charge >= 0.3 is 0 Å². The van der Waals surface area contributed by atoms with Gasteiger partial charge < -0.3 is 0 Å². The van der Waals surface area contributed by atoms with E-state index in [9.17, 15) is 13.2 Å². The molecule has 2 rings (SSSR count). The lowest BCUT2D eigenvalue weighted by molar-refractivity contribution is 0.316. The molecule has 0 saturated carbocycles. The lowest BCUT2D eigenvalue weighted by atomic mass is 10.1. The van der Waals surface area contributed by atoms with Crippen LogP contribution >= 0.6 is 11.6 Å². The first-order valence-electron chi connectivity index (χ1n) is 6.26. The number of aliphatic imine (C=N–C) groups is 1. The molecule has 0 bridgehead atoms. The van der Waals surface area contributed by atoms with Gasteiger partial charge in [0.2, 0.25) is 16.1 Å². The van der Waals surface area contributed by atoms with Crippen molar-refractivity contribution in [1.82, 2.24) is 4.31 Å². The molecule has 0 aliphatic carbocycles. The van der Waals surface area contributed by atoms with Crippen molar-refractivity contribution in [2.24, 2.45) is 4.99 Å². The Morgan fingerprint density at radius 3 is 2.86 bits per heavy atom. The first-order valence-corrected chi connectivity index (χ1v) is 8.07. The maximum atomic E-state index is 12.6. The Morgan fingerprint density at radius 2 is 2.19 bits per heavy atom. The zero-order chi connectivity index (χ0) is 15.5. The van der Waals surface area contributed by atoms with Crippen LogP contribution in [-0.2, 0) is 14.8 Å². The Morgan fingerprint density at radius 1 is 1.43 bits per heavy atom. The summed E-state index contributed by atoms with van der Waals surface area (Å²) in [5.41, 5.74) is 0.220. The van der Waals surface area contributed by atoms with E-state index in [1.807, 2.05) is 6.07 Å². The van der Waals surface area contributed by atoms with Crippen molar-refractivity contribution in [3.8, 4) is 6.07 Å². The third-order valence-corrected chi connectivity index (χ3v) is 5.62. The highest BCUT2D eigenvalue weighted by Crippen LogP contribution is 2.28. The lowest BCUT2D eigenvalue weighted by Crippen LogP contribution is -2.41. The molecule has 110 valence electrons. The number of carbonyl (C=O) groups excluding carboxylic acids is 1. The molecule has 1 unspecified atom stereocenters. The van der Waals surface area contributed by atoms with E-state index in [2.05, 4.69) is 4.99 Å². The number of halogens is 1. The molecule has 0 amide bonds. The van der Waals surface area contributed by atoms with Crippen LogP contribution in [0.4, 0.5) is 0 Å². The van der Waals surface area contributed by atoms with Gasteiger partial charge in [-0.2, -0.15) is 9.57 Å². The van der Waals surface area contributed by atoms with E-state index >= 15 is 0 Å². The van der Waals surface area contributed by atoms with E-state index in [-0.39, 0.29) is 28.1 Å². The van der Waals surface area contributed by atoms with Crippen molar-refractivity contribution in [3.05, 3.63) is 28.8 Å². The zero-order valence-corrected chi connectivity index (χ0v) is 12.6. The highest BCUT2D eigenvalue weighted by molar-refractivity contribution is 7.89. The standard InChI is InChI=1S/C13H12ClN3O3S/c14-12-4-3-10(7-15)6-13(12)21(19,20)17-5-1-2-11(8-17)16-9-18/h3-4,6,11H,1-2,5,8H2. The van der Waals surface area contributed by atoms with Gasteiger partial charge in [-0.15, -0.1) is 0 Å². The number of hydrogen-bond donors (Lipinski definition) is 0. The summed E-state index contributed by atoms with van der Waals surface area (Å²) in [6.07, 6.45) is 2.71. The van der Waals surface area contributed by atoms with Crippen molar-refractivity contribution >= 4 is 27.7 Å². The Balaban J connectivity index is 2.38. The average Bonchev–Trinajstić information content (AvgIpc) is 2.48. The van der Waals surface area contributed by atoms with Crippen molar-refractivity contribution < 1.29 is 13.2 Å². The third-order valence-electron chi connectivity index (χ3n) is 3.27. The smallest absolute Gasteiger partial charge is 0.211 e. The van der Waals surface area contributed by atoms with Gasteiger partial charge in [0.15, 0.2) is 0 Å². The third kappa shape index (κ3) is 3.31. The molecule has 6 nitrogen and oxygen atoms in total. The fourth-order valence-electron chi connectivity index (χ4n) is 2.23. The molecule has 0 spiro atoms. The van der Waals surface area contributed by atoms with Gasteiger partial charge in [0.05, 0.1) is 22.7 Å². The summed E-state index contributed by atoms with van der Waals surface area (Å²) in [6, 6.07) is 5.60. The van der Waals surface area contributed by atoms with Gasteiger partial charge in [-0.05, 0) is 31.0 Å². The molecule has 0 aromatic heterocycles. The maximum absolute atomic E-state index is 12.6. The molecular formula is C13H12ClN3O3S. The molecule has 1 saturated heterocycles. The molecule has 1 aromatic carbocycles. The minimum absolute atomic E-state index is 0.0648. The fraction of sp³-hybridized carbons (Fsp3) is 0.385. The van der Waals surface area contributed by atoms with Crippen molar-refractivity contribution in [2.45, 2.75) is 23.8 Å². The minimum Gasteiger partial charge on any atom is -0.211 e. The van der Waals surface area contributed by atoms with Gasteiger partial charge in [-0.1, -0.05) is 11.6 Å². The Kier molecular flexibility index (Phi) is 4.76. The lowest BCUT2D eigenvalue weighted by Gasteiger charge is -2.29. The summed E-state index contributed by atoms with van der Waals surface area (Å²) >= 11 is 5.95. The van der Waals surface area contributed by atoms with E-state index < -0.39 is 10.0 Å². The van der Waals surface area contributed by atoms with Gasteiger partial charge in [-0.25, -0.2) is 18.2 Å². The molecule has 1 heterocycles. The molecule has 1 aliphatic heterocycles. The second kappa shape index (κ2) is 6.37. The zero-order valence-electron chi connectivity index (χ0n) is 11.0. The van der Waals surface area contributed by atoms with Crippen LogP contribution in [0.5, 0.6) is 0 Å². The van der Waals surface area contributed by atoms with Crippen LogP contribution in [0.3, 0.4) is 0 Å². The molecule has 8 heteroatoms. The highest BCUT2D eigenvalue weighted by atomic mass is 35.5. The monoisotopic (exact) mass is 325 g/mol. The van der Waals surface area contributed by atoms with Crippen LogP contribution in [0, 0.1) is 11.3 Å². The van der Waals surface area contributed by atoms with E-state index in [1.165, 1.54) is 28.6 Å². The van der Waals surface area contributed by atoms with Crippen LogP contribution in [0.15, 0.2) is 28.1 Å². The normalized spacial score (nSPS) is 19.5. The molecular weight excluding hydrogens is 314 g/mol. The van der Waals surface area contributed by atoms with Crippen molar-refractivity contribution in [2.75, 3.05) is 13.1 Å². The second-order valence-electron chi connectivity index (χ2n) is 4.64. The fourth-order valence-corrected chi connectivity index (χ4v) is 4.25. The molecule has 21 heavy (non-hydrogen) atoms. The second-order valence-corrected chi connectivity index (χ2v) is 6.95. The summed E-state index contributed by atoms with van der Waals surface area (Å²) in [7, 11) is -3.82. The average molecular weight is 326 g/mol. The first-order chi connectivity index (χ1) is 9.98. The molecule has 1 aliphatic rings. The summed E-state index contributed by atoms with van der Waals surface area (Å²) in [6.45, 7) is 0.449. The highest BCUT2D eigenvalue weighted by Gasteiger charge is 2.31. The van der Waals surface area contributed by atoms with E-state index in [0.717, 1.165) is 0 Å². The van der Waals surface area contributed by atoms with Gasteiger partial charge in [0.25, 0.3) is 0 Å². The predicted molar refractivity (Wildman–Crippen MR) is 76.1 cm³/mol. The summed E-state index contributed by atoms with van der Waals surface area (Å²) < 4.78 is 26.5. The molecule has 0 radical (unpaired) electrons. The number of hydrogen-bond acceptors (Lipinski definition) is 5. The number of piperidine rings is 1. The number of benzene rings is 1. The van der Waals surface area contributed by atoms with Crippen molar-refractivity contribution in [3.63, 3.8) is 0 Å². The number of nitrogens with zero attached hydrogens (tertiary/aromatic N) is 3. The summed E-state index contributed by atoms with van der Waals surface area (Å²) in [5, 5.41) is 8.95. The van der Waals surface area contributed by atoms with E-state index in [0.29, 0.717) is 19.4 Å². The number of isocyanates is 1. The first kappa shape index (κ1) is 15.7. The minimum atomic E-state index is -3.82. The molecule has 0 N–H and O–H groups in total. The quantitative estimate of drug-likeness (QED) is 0.624. The summed E-state index contributed by atoms with van der Waals surface area (Å²) in [5.74, 6) is 0. The van der Waals surface area contributed by atoms with Gasteiger partial charge in [0.1, 0.15) is 4.90 Å². The Labute approximate surface area is 127 Å². The maximum Gasteiger partial charge on any atom is 0.244 e. The molecule has 1 fully saturated rings. The molecule has 1 atom stereocenters. The van der Waals surface area contributed by atoms with Crippen molar-refractivity contribution in [1.29, 1.82) is 5.26 Å². The van der Waals surface area contributed by atoms with E-state index in [4.69, 9.17) is 16.9 Å². The number of nitriles is 1. The van der Waals surface area contributed by atoms with E-state index in [1.54, 1.807) is 0 Å². The van der Waals surface area contributed by atoms with Crippen LogP contribution in [-0.4, -0.2) is 37.9 Å². The van der Waals surface area contributed by atoms with Gasteiger partial charge in [0, 0.05) is 13.1 Å². The SMILES string of the molecule is N#Cc1ccc(Cl)c(S(=O)(=O)N2CCCC(N=C=O)C2)c1. The van der Waals surface area contributed by atoms with Crippen LogP contribution in [0.25, 0.3) is 0 Å². The van der Waals surface area contributed by atoms with Crippen LogP contribution in [0.2, 0.25) is 5.02 Å². The Bertz CT molecular complexity index is 736. The summed E-state index contributed by atoms with van der Waals surface area (Å²) in [4.78, 5) is 13.8. The number of sulfonamides is 1. The predicted octanol–water partition coefficient (Wildman–Crippen LogP) is 1.70. The van der Waals surface area contributed by atoms with Gasteiger partial charge in [-0.3, -0.25) is 0 Å². The Hall–Kier alpha value is -1.71. The van der Waals surface area contributed by atoms with Crippen LogP contribution < -0.4 is 0 Å².